The standard InChI is InChI=1S/C14H19NO2/c1-3-17-14(16)13-12(9-10(2)15-13)11-7-5-4-6-8-11/h4-8,10,12-13,15H,3,9H2,1-2H3/t10-,12-,13+/m0/s1. The predicted octanol–water partition coefficient (Wildman–Crippen LogP) is 2.08. The number of carbonyl (C=O) groups is 1. The van der Waals surface area contributed by atoms with Gasteiger partial charge in [-0.15, -0.1) is 0 Å². The van der Waals surface area contributed by atoms with Gasteiger partial charge in [-0.25, -0.2) is 0 Å². The zero-order valence-electron chi connectivity index (χ0n) is 10.3. The first kappa shape index (κ1) is 12.1. The Hall–Kier alpha value is -1.35. The first-order chi connectivity index (χ1) is 8.22. The highest BCUT2D eigenvalue weighted by Gasteiger charge is 2.38. The first-order valence-electron chi connectivity index (χ1n) is 6.20. The zero-order valence-corrected chi connectivity index (χ0v) is 10.3. The summed E-state index contributed by atoms with van der Waals surface area (Å²) in [6.07, 6.45) is 0.980. The van der Waals surface area contributed by atoms with E-state index in [0.717, 1.165) is 6.42 Å². The minimum atomic E-state index is -0.202. The van der Waals surface area contributed by atoms with Gasteiger partial charge in [0.1, 0.15) is 6.04 Å². The lowest BCUT2D eigenvalue weighted by Gasteiger charge is -2.18. The summed E-state index contributed by atoms with van der Waals surface area (Å²) in [7, 11) is 0. The van der Waals surface area contributed by atoms with Gasteiger partial charge >= 0.3 is 5.97 Å². The molecule has 0 aliphatic carbocycles. The van der Waals surface area contributed by atoms with Gasteiger partial charge < -0.3 is 10.1 Å². The summed E-state index contributed by atoms with van der Waals surface area (Å²) >= 11 is 0. The molecule has 92 valence electrons. The van der Waals surface area contributed by atoms with Crippen LogP contribution in [0.25, 0.3) is 0 Å². The molecule has 0 unspecified atom stereocenters. The monoisotopic (exact) mass is 233 g/mol. The molecule has 0 radical (unpaired) electrons. The smallest absolute Gasteiger partial charge is 0.323 e. The number of hydrogen-bond donors (Lipinski definition) is 1. The molecule has 1 aromatic carbocycles. The van der Waals surface area contributed by atoms with E-state index in [-0.39, 0.29) is 17.9 Å². The second-order valence-corrected chi connectivity index (χ2v) is 4.55. The van der Waals surface area contributed by atoms with Gasteiger partial charge in [0.25, 0.3) is 0 Å². The molecule has 2 rings (SSSR count). The molecule has 1 aromatic rings. The van der Waals surface area contributed by atoms with E-state index in [1.165, 1.54) is 5.56 Å². The van der Waals surface area contributed by atoms with Crippen molar-refractivity contribution < 1.29 is 9.53 Å². The maximum absolute atomic E-state index is 11.9. The van der Waals surface area contributed by atoms with Crippen molar-refractivity contribution in [2.24, 2.45) is 0 Å². The van der Waals surface area contributed by atoms with Gasteiger partial charge in [0.2, 0.25) is 0 Å². The molecule has 1 heterocycles. The molecular weight excluding hydrogens is 214 g/mol. The largest absolute Gasteiger partial charge is 0.465 e. The third-order valence-electron chi connectivity index (χ3n) is 3.24. The Morgan fingerprint density at radius 1 is 1.41 bits per heavy atom. The Kier molecular flexibility index (Phi) is 3.79. The van der Waals surface area contributed by atoms with Crippen molar-refractivity contribution in [1.82, 2.24) is 5.32 Å². The van der Waals surface area contributed by atoms with E-state index < -0.39 is 0 Å². The van der Waals surface area contributed by atoms with Crippen molar-refractivity contribution in [3.8, 4) is 0 Å². The first-order valence-corrected chi connectivity index (χ1v) is 6.20. The summed E-state index contributed by atoms with van der Waals surface area (Å²) in [5, 5.41) is 3.31. The van der Waals surface area contributed by atoms with Crippen molar-refractivity contribution in [3.05, 3.63) is 35.9 Å². The molecule has 1 saturated heterocycles. The van der Waals surface area contributed by atoms with Crippen LogP contribution >= 0.6 is 0 Å². The van der Waals surface area contributed by atoms with E-state index in [2.05, 4.69) is 24.4 Å². The summed E-state index contributed by atoms with van der Waals surface area (Å²) in [6, 6.07) is 10.3. The Bertz CT molecular complexity index is 377. The third kappa shape index (κ3) is 2.67. The number of nitrogens with one attached hydrogen (secondary N) is 1. The van der Waals surface area contributed by atoms with Gasteiger partial charge in [-0.2, -0.15) is 0 Å². The van der Waals surface area contributed by atoms with Gasteiger partial charge in [0.05, 0.1) is 6.61 Å². The van der Waals surface area contributed by atoms with Crippen LogP contribution in [0.3, 0.4) is 0 Å². The molecule has 1 fully saturated rings. The SMILES string of the molecule is CCOC(=O)[C@@H]1N[C@@H](C)C[C@H]1c1ccccc1. The highest BCUT2D eigenvalue weighted by atomic mass is 16.5. The van der Waals surface area contributed by atoms with E-state index >= 15 is 0 Å². The fourth-order valence-electron chi connectivity index (χ4n) is 2.50. The van der Waals surface area contributed by atoms with E-state index in [1.54, 1.807) is 0 Å². The molecule has 0 spiro atoms. The van der Waals surface area contributed by atoms with Crippen LogP contribution in [0.4, 0.5) is 0 Å². The molecule has 3 atom stereocenters. The molecule has 0 amide bonds. The third-order valence-corrected chi connectivity index (χ3v) is 3.24. The number of esters is 1. The molecular formula is C14H19NO2. The van der Waals surface area contributed by atoms with Crippen LogP contribution in [0.15, 0.2) is 30.3 Å². The molecule has 1 aliphatic rings. The number of carbonyl (C=O) groups excluding carboxylic acids is 1. The van der Waals surface area contributed by atoms with E-state index in [9.17, 15) is 4.79 Å². The van der Waals surface area contributed by atoms with Gasteiger partial charge in [-0.05, 0) is 25.8 Å². The molecule has 3 heteroatoms. The maximum atomic E-state index is 11.9. The molecule has 0 bridgehead atoms. The van der Waals surface area contributed by atoms with Gasteiger partial charge in [-0.3, -0.25) is 4.79 Å². The Morgan fingerprint density at radius 2 is 2.12 bits per heavy atom. The lowest BCUT2D eigenvalue weighted by Crippen LogP contribution is -2.38. The average Bonchev–Trinajstić information content (AvgIpc) is 2.73. The molecule has 0 saturated carbocycles. The summed E-state index contributed by atoms with van der Waals surface area (Å²) < 4.78 is 5.12. The van der Waals surface area contributed by atoms with Crippen LogP contribution in [0.1, 0.15) is 31.7 Å². The van der Waals surface area contributed by atoms with Crippen molar-refractivity contribution in [2.75, 3.05) is 6.61 Å². The predicted molar refractivity (Wildman–Crippen MR) is 66.8 cm³/mol. The van der Waals surface area contributed by atoms with Gasteiger partial charge in [0.15, 0.2) is 0 Å². The molecule has 0 aromatic heterocycles. The second kappa shape index (κ2) is 5.32. The lowest BCUT2D eigenvalue weighted by molar-refractivity contribution is -0.145. The fraction of sp³-hybridized carbons (Fsp3) is 0.500. The van der Waals surface area contributed by atoms with Crippen LogP contribution in [0.5, 0.6) is 0 Å². The highest BCUT2D eigenvalue weighted by molar-refractivity contribution is 5.77. The van der Waals surface area contributed by atoms with Crippen LogP contribution in [-0.4, -0.2) is 24.7 Å². The molecule has 1 N–H and O–H groups in total. The fourth-order valence-corrected chi connectivity index (χ4v) is 2.50. The van der Waals surface area contributed by atoms with E-state index in [0.29, 0.717) is 12.6 Å². The van der Waals surface area contributed by atoms with Gasteiger partial charge in [0, 0.05) is 12.0 Å². The summed E-state index contributed by atoms with van der Waals surface area (Å²) in [6.45, 7) is 4.38. The maximum Gasteiger partial charge on any atom is 0.323 e. The number of rotatable bonds is 3. The van der Waals surface area contributed by atoms with Crippen LogP contribution in [0.2, 0.25) is 0 Å². The normalized spacial score (nSPS) is 28.0. The minimum Gasteiger partial charge on any atom is -0.465 e. The summed E-state index contributed by atoms with van der Waals surface area (Å²) in [4.78, 5) is 11.9. The topological polar surface area (TPSA) is 38.3 Å². The molecule has 1 aliphatic heterocycles. The Labute approximate surface area is 102 Å². The van der Waals surface area contributed by atoms with E-state index in [4.69, 9.17) is 4.74 Å². The lowest BCUT2D eigenvalue weighted by atomic mass is 9.91. The number of hydrogen-bond acceptors (Lipinski definition) is 3. The van der Waals surface area contributed by atoms with E-state index in [1.807, 2.05) is 25.1 Å². The second-order valence-electron chi connectivity index (χ2n) is 4.55. The van der Waals surface area contributed by atoms with Crippen molar-refractivity contribution in [1.29, 1.82) is 0 Å². The molecule has 17 heavy (non-hydrogen) atoms. The Balaban J connectivity index is 2.17. The van der Waals surface area contributed by atoms with Crippen molar-refractivity contribution in [3.63, 3.8) is 0 Å². The van der Waals surface area contributed by atoms with Crippen LogP contribution < -0.4 is 5.32 Å². The zero-order chi connectivity index (χ0) is 12.3. The summed E-state index contributed by atoms with van der Waals surface area (Å²) in [5.74, 6) is 0.0935. The van der Waals surface area contributed by atoms with Crippen molar-refractivity contribution in [2.45, 2.75) is 38.3 Å². The summed E-state index contributed by atoms with van der Waals surface area (Å²) in [5.41, 5.74) is 1.21. The minimum absolute atomic E-state index is 0.134. The quantitative estimate of drug-likeness (QED) is 0.812. The van der Waals surface area contributed by atoms with Crippen LogP contribution in [-0.2, 0) is 9.53 Å². The average molecular weight is 233 g/mol. The van der Waals surface area contributed by atoms with Crippen LogP contribution in [0, 0.1) is 0 Å². The number of ether oxygens (including phenoxy) is 1. The molecule has 3 nitrogen and oxygen atoms in total. The van der Waals surface area contributed by atoms with Crippen molar-refractivity contribution >= 4 is 5.97 Å². The highest BCUT2D eigenvalue weighted by Crippen LogP contribution is 2.31. The number of benzene rings is 1. The van der Waals surface area contributed by atoms with Gasteiger partial charge in [-0.1, -0.05) is 30.3 Å². The Morgan fingerprint density at radius 3 is 2.76 bits per heavy atom.